The summed E-state index contributed by atoms with van der Waals surface area (Å²) < 4.78 is 0. The average molecular weight is 274 g/mol. The minimum Gasteiger partial charge on any atom is -0.392 e. The minimum atomic E-state index is -0.350. The molecule has 2 nitrogen and oxygen atoms in total. The number of fused-ring (bicyclic) bond motifs is 3. The number of hydrogen-bond acceptors (Lipinski definition) is 2. The smallest absolute Gasteiger partial charge is 0.142 e. The number of carbonyl (C=O) groups is 1. The lowest BCUT2D eigenvalue weighted by atomic mass is 9.48. The highest BCUT2D eigenvalue weighted by molar-refractivity contribution is 5.89. The van der Waals surface area contributed by atoms with Crippen LogP contribution in [-0.4, -0.2) is 17.0 Å². The summed E-state index contributed by atoms with van der Waals surface area (Å²) in [6, 6.07) is 0. The Kier molecular flexibility index (Phi) is 2.86. The summed E-state index contributed by atoms with van der Waals surface area (Å²) in [4.78, 5) is 12.3. The van der Waals surface area contributed by atoms with Crippen LogP contribution in [0, 0.1) is 16.2 Å². The third-order valence-corrected chi connectivity index (χ3v) is 6.28. The molecule has 1 fully saturated rings. The summed E-state index contributed by atoms with van der Waals surface area (Å²) in [5.74, 6) is 0.363. The van der Waals surface area contributed by atoms with Crippen LogP contribution in [-0.2, 0) is 4.79 Å². The van der Waals surface area contributed by atoms with E-state index in [4.69, 9.17) is 0 Å². The quantitative estimate of drug-likeness (QED) is 0.682. The van der Waals surface area contributed by atoms with Crippen molar-refractivity contribution in [3.05, 3.63) is 23.3 Å². The Bertz CT molecular complexity index is 526. The van der Waals surface area contributed by atoms with E-state index in [0.29, 0.717) is 12.2 Å². The molecule has 3 atom stereocenters. The van der Waals surface area contributed by atoms with Gasteiger partial charge in [0.1, 0.15) is 5.78 Å². The molecule has 0 spiro atoms. The zero-order valence-corrected chi connectivity index (χ0v) is 13.1. The van der Waals surface area contributed by atoms with Gasteiger partial charge >= 0.3 is 0 Å². The molecule has 1 saturated carbocycles. The summed E-state index contributed by atoms with van der Waals surface area (Å²) in [6.07, 6.45) is 8.61. The molecule has 110 valence electrons. The van der Waals surface area contributed by atoms with E-state index in [1.807, 2.05) is 0 Å². The first-order valence-electron chi connectivity index (χ1n) is 7.86. The van der Waals surface area contributed by atoms with Gasteiger partial charge in [0.25, 0.3) is 0 Å². The fourth-order valence-electron chi connectivity index (χ4n) is 4.94. The van der Waals surface area contributed by atoms with Crippen molar-refractivity contribution >= 4 is 5.78 Å². The average Bonchev–Trinajstić information content (AvgIpc) is 2.37. The molecule has 0 aromatic rings. The van der Waals surface area contributed by atoms with Gasteiger partial charge in [-0.2, -0.15) is 0 Å². The largest absolute Gasteiger partial charge is 0.392 e. The molecular weight excluding hydrogens is 248 g/mol. The van der Waals surface area contributed by atoms with E-state index in [9.17, 15) is 9.90 Å². The maximum absolute atomic E-state index is 12.3. The minimum absolute atomic E-state index is 0.0359. The Morgan fingerprint density at radius 2 is 1.85 bits per heavy atom. The van der Waals surface area contributed by atoms with Crippen LogP contribution in [0.4, 0.5) is 0 Å². The number of allylic oxidation sites excluding steroid dienone is 3. The molecule has 3 aliphatic carbocycles. The first-order valence-corrected chi connectivity index (χ1v) is 7.86. The summed E-state index contributed by atoms with van der Waals surface area (Å²) in [5.41, 5.74) is 2.16. The zero-order chi connectivity index (χ0) is 14.8. The molecule has 0 aromatic carbocycles. The van der Waals surface area contributed by atoms with Gasteiger partial charge in [-0.05, 0) is 39.5 Å². The van der Waals surface area contributed by atoms with Crippen molar-refractivity contribution in [1.82, 2.24) is 0 Å². The molecule has 0 aromatic heterocycles. The van der Waals surface area contributed by atoms with E-state index in [1.165, 1.54) is 11.1 Å². The number of aliphatic hydroxyl groups excluding tert-OH is 1. The topological polar surface area (TPSA) is 37.3 Å². The molecule has 2 heteroatoms. The van der Waals surface area contributed by atoms with Gasteiger partial charge in [0.2, 0.25) is 0 Å². The molecule has 2 unspecified atom stereocenters. The van der Waals surface area contributed by atoms with E-state index in [0.717, 1.165) is 25.7 Å². The SMILES string of the molecule is CC1(C)C(=O)CCC2(C)C1=CCC1(C)C2=CCC[C@H]1O. The van der Waals surface area contributed by atoms with Gasteiger partial charge in [0.05, 0.1) is 6.10 Å². The predicted molar refractivity (Wildman–Crippen MR) is 80.3 cm³/mol. The molecule has 0 bridgehead atoms. The Hall–Kier alpha value is -0.890. The second-order valence-corrected chi connectivity index (χ2v) is 7.83. The molecule has 20 heavy (non-hydrogen) atoms. The van der Waals surface area contributed by atoms with Crippen molar-refractivity contribution in [2.75, 3.05) is 0 Å². The van der Waals surface area contributed by atoms with E-state index in [1.54, 1.807) is 0 Å². The molecule has 0 heterocycles. The highest BCUT2D eigenvalue weighted by atomic mass is 16.3. The lowest BCUT2D eigenvalue weighted by Crippen LogP contribution is -2.51. The van der Waals surface area contributed by atoms with Crippen molar-refractivity contribution < 1.29 is 9.90 Å². The van der Waals surface area contributed by atoms with Crippen LogP contribution in [0.3, 0.4) is 0 Å². The molecule has 0 aliphatic heterocycles. The number of rotatable bonds is 0. The predicted octanol–water partition coefficient (Wildman–Crippen LogP) is 3.80. The molecule has 0 saturated heterocycles. The van der Waals surface area contributed by atoms with Gasteiger partial charge in [-0.15, -0.1) is 0 Å². The normalized spacial score (nSPS) is 43.2. The third-order valence-electron chi connectivity index (χ3n) is 6.28. The lowest BCUT2D eigenvalue weighted by Gasteiger charge is -2.56. The number of Topliss-reactive ketones (excluding diaryl/α,β-unsaturated/α-hetero) is 1. The zero-order valence-electron chi connectivity index (χ0n) is 13.1. The number of hydrogen-bond donors (Lipinski definition) is 1. The molecule has 3 rings (SSSR count). The Labute approximate surface area is 122 Å². The van der Waals surface area contributed by atoms with Crippen LogP contribution < -0.4 is 0 Å². The number of aliphatic hydroxyl groups is 1. The van der Waals surface area contributed by atoms with E-state index < -0.39 is 0 Å². The summed E-state index contributed by atoms with van der Waals surface area (Å²) in [6.45, 7) is 8.63. The fraction of sp³-hybridized carbons (Fsp3) is 0.722. The highest BCUT2D eigenvalue weighted by Crippen LogP contribution is 2.62. The van der Waals surface area contributed by atoms with Crippen LogP contribution in [0.5, 0.6) is 0 Å². The molecule has 1 N–H and O–H groups in total. The van der Waals surface area contributed by atoms with Gasteiger partial charge < -0.3 is 5.11 Å². The van der Waals surface area contributed by atoms with Crippen LogP contribution in [0.15, 0.2) is 23.3 Å². The number of ketones is 1. The second kappa shape index (κ2) is 4.07. The third kappa shape index (κ3) is 1.57. The molecular formula is C18H26O2. The van der Waals surface area contributed by atoms with Gasteiger partial charge in [0, 0.05) is 22.7 Å². The van der Waals surface area contributed by atoms with Crippen molar-refractivity contribution in [3.8, 4) is 0 Å². The van der Waals surface area contributed by atoms with Crippen LogP contribution >= 0.6 is 0 Å². The van der Waals surface area contributed by atoms with E-state index in [-0.39, 0.29) is 22.3 Å². The van der Waals surface area contributed by atoms with Crippen LogP contribution in [0.25, 0.3) is 0 Å². The Morgan fingerprint density at radius 3 is 2.55 bits per heavy atom. The summed E-state index contributed by atoms with van der Waals surface area (Å²) in [5, 5.41) is 10.5. The summed E-state index contributed by atoms with van der Waals surface area (Å²) in [7, 11) is 0. The number of carbonyl (C=O) groups excluding carboxylic acids is 1. The van der Waals surface area contributed by atoms with Crippen LogP contribution in [0.1, 0.15) is 59.8 Å². The summed E-state index contributed by atoms with van der Waals surface area (Å²) >= 11 is 0. The monoisotopic (exact) mass is 274 g/mol. The first kappa shape index (κ1) is 14.1. The standard InChI is InChI=1S/C18H26O2/c1-16(2)12-8-10-18(4)13(6-5-7-15(18)20)17(12,3)11-9-14(16)19/h6,8,15,20H,5,7,9-11H2,1-4H3/t15-,17?,18?/m1/s1. The van der Waals surface area contributed by atoms with Crippen LogP contribution in [0.2, 0.25) is 0 Å². The van der Waals surface area contributed by atoms with Gasteiger partial charge in [-0.1, -0.05) is 37.1 Å². The van der Waals surface area contributed by atoms with E-state index >= 15 is 0 Å². The first-order chi connectivity index (χ1) is 9.23. The van der Waals surface area contributed by atoms with Gasteiger partial charge in [-0.3, -0.25) is 4.79 Å². The Balaban J connectivity index is 2.17. The molecule has 0 radical (unpaired) electrons. The highest BCUT2D eigenvalue weighted by Gasteiger charge is 2.56. The van der Waals surface area contributed by atoms with Crippen molar-refractivity contribution in [3.63, 3.8) is 0 Å². The second-order valence-electron chi connectivity index (χ2n) is 7.83. The van der Waals surface area contributed by atoms with Crippen molar-refractivity contribution in [2.45, 2.75) is 65.9 Å². The van der Waals surface area contributed by atoms with Crippen molar-refractivity contribution in [1.29, 1.82) is 0 Å². The lowest BCUT2D eigenvalue weighted by molar-refractivity contribution is -0.128. The maximum atomic E-state index is 12.3. The maximum Gasteiger partial charge on any atom is 0.142 e. The van der Waals surface area contributed by atoms with E-state index in [2.05, 4.69) is 39.8 Å². The van der Waals surface area contributed by atoms with Crippen molar-refractivity contribution in [2.24, 2.45) is 16.2 Å². The fourth-order valence-corrected chi connectivity index (χ4v) is 4.94. The molecule has 0 amide bonds. The van der Waals surface area contributed by atoms with Gasteiger partial charge in [-0.25, -0.2) is 0 Å². The Morgan fingerprint density at radius 1 is 1.15 bits per heavy atom. The van der Waals surface area contributed by atoms with Gasteiger partial charge in [0.15, 0.2) is 0 Å². The molecule has 3 aliphatic rings.